The molecule has 2 aliphatic heterocycles. The summed E-state index contributed by atoms with van der Waals surface area (Å²) in [4.78, 5) is 32.4. The van der Waals surface area contributed by atoms with Gasteiger partial charge in [-0.25, -0.2) is 4.98 Å². The molecule has 1 saturated heterocycles. The number of aromatic nitrogens is 2. The van der Waals surface area contributed by atoms with E-state index in [0.717, 1.165) is 30.6 Å². The lowest BCUT2D eigenvalue weighted by Crippen LogP contribution is -2.35. The third-order valence-corrected chi connectivity index (χ3v) is 6.27. The molecule has 4 rings (SSSR count). The predicted octanol–water partition coefficient (Wildman–Crippen LogP) is 3.57. The van der Waals surface area contributed by atoms with Crippen LogP contribution in [0.25, 0.3) is 0 Å². The minimum atomic E-state index is -0.209. The van der Waals surface area contributed by atoms with E-state index >= 15 is 0 Å². The van der Waals surface area contributed by atoms with Crippen molar-refractivity contribution in [2.75, 3.05) is 13.2 Å². The van der Waals surface area contributed by atoms with Crippen LogP contribution in [0.2, 0.25) is 5.15 Å². The maximum absolute atomic E-state index is 13.2. The van der Waals surface area contributed by atoms with E-state index in [4.69, 9.17) is 16.3 Å². The normalized spacial score (nSPS) is 19.4. The molecular formula is C22H27ClN4O3. The van der Waals surface area contributed by atoms with Gasteiger partial charge >= 0.3 is 0 Å². The summed E-state index contributed by atoms with van der Waals surface area (Å²) in [5.74, 6) is -0.212. The van der Waals surface area contributed by atoms with Crippen molar-refractivity contribution in [3.8, 4) is 0 Å². The fourth-order valence-electron chi connectivity index (χ4n) is 4.33. The first-order valence-corrected chi connectivity index (χ1v) is 10.9. The summed E-state index contributed by atoms with van der Waals surface area (Å²) >= 11 is 5.89. The first kappa shape index (κ1) is 20.9. The van der Waals surface area contributed by atoms with Crippen LogP contribution < -0.4 is 5.32 Å². The molecule has 8 heteroatoms. The van der Waals surface area contributed by atoms with Crippen LogP contribution in [0.1, 0.15) is 71.3 Å². The Kier molecular flexibility index (Phi) is 6.11. The number of likely N-dealkylation sites (tertiary alicyclic amines) is 1. The molecule has 0 aromatic carbocycles. The molecule has 1 N–H and O–H groups in total. The lowest BCUT2D eigenvalue weighted by molar-refractivity contribution is 0.0683. The second-order valence-electron chi connectivity index (χ2n) is 7.93. The number of fused-ring (bicyclic) bond motifs is 1. The van der Waals surface area contributed by atoms with Gasteiger partial charge < -0.3 is 19.5 Å². The molecule has 2 aromatic heterocycles. The molecule has 1 fully saturated rings. The summed E-state index contributed by atoms with van der Waals surface area (Å²) in [6, 6.07) is 5.35. The second kappa shape index (κ2) is 8.78. The molecule has 0 bridgehead atoms. The van der Waals surface area contributed by atoms with Crippen molar-refractivity contribution in [3.63, 3.8) is 0 Å². The summed E-state index contributed by atoms with van der Waals surface area (Å²) in [7, 11) is 0. The maximum Gasteiger partial charge on any atom is 0.270 e. The van der Waals surface area contributed by atoms with E-state index in [1.165, 1.54) is 0 Å². The van der Waals surface area contributed by atoms with Crippen molar-refractivity contribution >= 4 is 23.4 Å². The molecule has 0 spiro atoms. The number of pyridine rings is 1. The van der Waals surface area contributed by atoms with Crippen LogP contribution >= 0.6 is 11.6 Å². The van der Waals surface area contributed by atoms with Crippen molar-refractivity contribution in [1.29, 1.82) is 0 Å². The third-order valence-electron chi connectivity index (χ3n) is 6.05. The summed E-state index contributed by atoms with van der Waals surface area (Å²) < 4.78 is 7.56. The van der Waals surface area contributed by atoms with Crippen LogP contribution in [0.15, 0.2) is 24.4 Å². The second-order valence-corrected chi connectivity index (χ2v) is 8.32. The largest absolute Gasteiger partial charge is 0.373 e. The minimum Gasteiger partial charge on any atom is -0.373 e. The average molecular weight is 431 g/mol. The van der Waals surface area contributed by atoms with Crippen molar-refractivity contribution in [3.05, 3.63) is 52.1 Å². The van der Waals surface area contributed by atoms with Crippen molar-refractivity contribution in [2.45, 2.75) is 58.3 Å². The Balaban J connectivity index is 1.61. The highest BCUT2D eigenvalue weighted by molar-refractivity contribution is 6.29. The lowest BCUT2D eigenvalue weighted by Gasteiger charge is -2.24. The summed E-state index contributed by atoms with van der Waals surface area (Å²) in [6.07, 6.45) is 4.42. The molecule has 2 amide bonds. The molecule has 0 aliphatic carbocycles. The van der Waals surface area contributed by atoms with E-state index < -0.39 is 0 Å². The first-order chi connectivity index (χ1) is 14.5. The van der Waals surface area contributed by atoms with Crippen molar-refractivity contribution in [1.82, 2.24) is 19.8 Å². The van der Waals surface area contributed by atoms with Crippen LogP contribution in [0, 0.1) is 0 Å². The fourth-order valence-corrected chi connectivity index (χ4v) is 4.44. The fraction of sp³-hybridized carbons (Fsp3) is 0.500. The van der Waals surface area contributed by atoms with Crippen LogP contribution in [0.4, 0.5) is 0 Å². The molecule has 0 unspecified atom stereocenters. The number of carbonyl (C=O) groups excluding carboxylic acids is 2. The van der Waals surface area contributed by atoms with Gasteiger partial charge in [0.1, 0.15) is 10.8 Å². The molecule has 7 nitrogen and oxygen atoms in total. The van der Waals surface area contributed by atoms with Crippen LogP contribution in [0.3, 0.4) is 0 Å². The summed E-state index contributed by atoms with van der Waals surface area (Å²) in [5.41, 5.74) is 2.73. The van der Waals surface area contributed by atoms with Crippen molar-refractivity contribution < 1.29 is 14.3 Å². The zero-order valence-electron chi connectivity index (χ0n) is 17.4. The Morgan fingerprint density at radius 2 is 2.20 bits per heavy atom. The number of nitrogens with zero attached hydrogens (tertiary/aromatic N) is 3. The van der Waals surface area contributed by atoms with Crippen LogP contribution in [-0.2, 0) is 17.9 Å². The van der Waals surface area contributed by atoms with E-state index in [-0.39, 0.29) is 23.9 Å². The number of rotatable bonds is 5. The van der Waals surface area contributed by atoms with Gasteiger partial charge in [0.05, 0.1) is 30.5 Å². The predicted molar refractivity (Wildman–Crippen MR) is 114 cm³/mol. The third kappa shape index (κ3) is 3.96. The number of hydrogen-bond donors (Lipinski definition) is 1. The molecule has 2 aliphatic rings. The van der Waals surface area contributed by atoms with Gasteiger partial charge in [0.2, 0.25) is 0 Å². The Morgan fingerprint density at radius 3 is 2.87 bits per heavy atom. The SMILES string of the molecule is CC[C@@H](NC(=O)c1cc(C(=O)N2CCC[C@@H]2C)n2c1COCC2)c1ccc(Cl)nc1. The van der Waals surface area contributed by atoms with Gasteiger partial charge in [0.15, 0.2) is 0 Å². The zero-order valence-corrected chi connectivity index (χ0v) is 18.1. The van der Waals surface area contributed by atoms with Crippen molar-refractivity contribution in [2.24, 2.45) is 0 Å². The quantitative estimate of drug-likeness (QED) is 0.735. The highest BCUT2D eigenvalue weighted by atomic mass is 35.5. The van der Waals surface area contributed by atoms with E-state index in [1.807, 2.05) is 22.5 Å². The monoisotopic (exact) mass is 430 g/mol. The maximum atomic E-state index is 13.2. The van der Waals surface area contributed by atoms with Gasteiger partial charge in [0.25, 0.3) is 11.8 Å². The molecule has 30 heavy (non-hydrogen) atoms. The molecule has 0 radical (unpaired) electrons. The Bertz CT molecular complexity index is 941. The molecule has 160 valence electrons. The van der Waals surface area contributed by atoms with Gasteiger partial charge in [-0.15, -0.1) is 0 Å². The zero-order chi connectivity index (χ0) is 21.3. The van der Waals surface area contributed by atoms with Gasteiger partial charge in [0, 0.05) is 25.3 Å². The molecule has 2 atom stereocenters. The highest BCUT2D eigenvalue weighted by Crippen LogP contribution is 2.26. The highest BCUT2D eigenvalue weighted by Gasteiger charge is 2.32. The molecule has 4 heterocycles. The van der Waals surface area contributed by atoms with Gasteiger partial charge in [-0.05, 0) is 43.9 Å². The number of nitrogens with one attached hydrogen (secondary N) is 1. The Hall–Kier alpha value is -2.38. The van der Waals surface area contributed by atoms with Gasteiger partial charge in [-0.2, -0.15) is 0 Å². The molecular weight excluding hydrogens is 404 g/mol. The average Bonchev–Trinajstić information content (AvgIpc) is 3.36. The number of amides is 2. The number of hydrogen-bond acceptors (Lipinski definition) is 4. The van der Waals surface area contributed by atoms with E-state index in [0.29, 0.717) is 42.6 Å². The minimum absolute atomic E-state index is 0.00357. The molecule has 0 saturated carbocycles. The van der Waals surface area contributed by atoms with E-state index in [1.54, 1.807) is 18.3 Å². The standard InChI is InChI=1S/C22H27ClN4O3/c1-3-17(15-6-7-20(23)24-12-15)25-21(28)16-11-18(27-9-10-30-13-19(16)27)22(29)26-8-4-5-14(26)2/h6-7,11-12,14,17H,3-5,8-10,13H2,1-2H3,(H,25,28)/t14-,17+/m0/s1. The number of carbonyl (C=O) groups is 2. The van der Waals surface area contributed by atoms with Crippen LogP contribution in [-0.4, -0.2) is 45.5 Å². The Morgan fingerprint density at radius 1 is 1.37 bits per heavy atom. The molecule has 2 aromatic rings. The van der Waals surface area contributed by atoms with Gasteiger partial charge in [-0.3, -0.25) is 9.59 Å². The number of halogens is 1. The summed E-state index contributed by atoms with van der Waals surface area (Å²) in [5, 5.41) is 3.50. The topological polar surface area (TPSA) is 76.5 Å². The smallest absolute Gasteiger partial charge is 0.270 e. The van der Waals surface area contributed by atoms with E-state index in [2.05, 4.69) is 17.2 Å². The van der Waals surface area contributed by atoms with Gasteiger partial charge in [-0.1, -0.05) is 24.6 Å². The van der Waals surface area contributed by atoms with Crippen LogP contribution in [0.5, 0.6) is 0 Å². The Labute approximate surface area is 181 Å². The first-order valence-electron chi connectivity index (χ1n) is 10.5. The van der Waals surface area contributed by atoms with E-state index in [9.17, 15) is 9.59 Å². The lowest BCUT2D eigenvalue weighted by atomic mass is 10.1. The summed E-state index contributed by atoms with van der Waals surface area (Å²) in [6.45, 7) is 6.27. The number of ether oxygens (including phenoxy) is 1.